The molecule has 0 saturated heterocycles. The van der Waals surface area contributed by atoms with E-state index in [4.69, 9.17) is 0 Å². The van der Waals surface area contributed by atoms with Gasteiger partial charge in [-0.25, -0.2) is 0 Å². The van der Waals surface area contributed by atoms with Crippen molar-refractivity contribution >= 4 is 6.72 Å². The van der Waals surface area contributed by atoms with Crippen molar-refractivity contribution in [3.05, 3.63) is 11.8 Å². The predicted molar refractivity (Wildman–Crippen MR) is 50.5 cm³/mol. The minimum Gasteiger partial charge on any atom is -0.271 e. The molecule has 0 rings (SSSR count). The van der Waals surface area contributed by atoms with Crippen LogP contribution in [-0.4, -0.2) is 18.3 Å². The van der Waals surface area contributed by atoms with E-state index in [-0.39, 0.29) is 0 Å². The highest BCUT2D eigenvalue weighted by Gasteiger charge is 2.07. The van der Waals surface area contributed by atoms with Gasteiger partial charge in [0.25, 0.3) is 0 Å². The first-order valence-electron chi connectivity index (χ1n) is 4.07. The Bertz CT molecular complexity index is 148. The van der Waals surface area contributed by atoms with Gasteiger partial charge in [0.05, 0.1) is 0 Å². The van der Waals surface area contributed by atoms with Crippen molar-refractivity contribution in [2.45, 2.75) is 27.7 Å². The summed E-state index contributed by atoms with van der Waals surface area (Å²) in [5.74, 6) is 0.519. The molecule has 0 N–H and O–H groups in total. The van der Waals surface area contributed by atoms with E-state index in [1.807, 2.05) is 11.9 Å². The summed E-state index contributed by atoms with van der Waals surface area (Å²) in [7, 11) is 0. The van der Waals surface area contributed by atoms with Crippen LogP contribution in [0.2, 0.25) is 0 Å². The lowest BCUT2D eigenvalue weighted by molar-refractivity contribution is 0.347. The molecule has 0 atom stereocenters. The average Bonchev–Trinajstić information content (AvgIpc) is 1.99. The van der Waals surface area contributed by atoms with Crippen LogP contribution in [0.1, 0.15) is 27.7 Å². The molecule has 0 aliphatic rings. The molecule has 0 aromatic rings. The Morgan fingerprint density at radius 3 is 2.27 bits per heavy atom. The zero-order valence-electron chi connectivity index (χ0n) is 7.96. The summed E-state index contributed by atoms with van der Waals surface area (Å²) in [6.07, 6.45) is 2.09. The number of hydrogen-bond acceptors (Lipinski definition) is 2. The molecule has 0 aliphatic carbocycles. The second-order valence-electron chi connectivity index (χ2n) is 2.73. The summed E-state index contributed by atoms with van der Waals surface area (Å²) in [5.41, 5.74) is 1.24. The fourth-order valence-electron chi connectivity index (χ4n) is 1.14. The van der Waals surface area contributed by atoms with Crippen LogP contribution in [-0.2, 0) is 0 Å². The summed E-state index contributed by atoms with van der Waals surface area (Å²) in [4.78, 5) is 0. The maximum absolute atomic E-state index is 3.91. The Morgan fingerprint density at radius 2 is 2.18 bits per heavy atom. The quantitative estimate of drug-likeness (QED) is 0.448. The molecular weight excluding hydrogens is 136 g/mol. The van der Waals surface area contributed by atoms with E-state index in [0.29, 0.717) is 5.92 Å². The smallest absolute Gasteiger partial charge is 0.0383 e. The largest absolute Gasteiger partial charge is 0.271 e. The van der Waals surface area contributed by atoms with Crippen LogP contribution in [0.15, 0.2) is 16.9 Å². The first kappa shape index (κ1) is 10.2. The van der Waals surface area contributed by atoms with Crippen molar-refractivity contribution in [3.8, 4) is 0 Å². The predicted octanol–water partition coefficient (Wildman–Crippen LogP) is 2.48. The van der Waals surface area contributed by atoms with E-state index < -0.39 is 0 Å². The van der Waals surface area contributed by atoms with Gasteiger partial charge in [-0.2, -0.15) is 5.10 Å². The van der Waals surface area contributed by atoms with Crippen LogP contribution < -0.4 is 0 Å². The number of allylic oxidation sites excluding steroid dienone is 2. The van der Waals surface area contributed by atoms with E-state index in [9.17, 15) is 0 Å². The first-order valence-corrected chi connectivity index (χ1v) is 4.07. The highest BCUT2D eigenvalue weighted by atomic mass is 15.4. The Labute approximate surface area is 69.6 Å². The van der Waals surface area contributed by atoms with Gasteiger partial charge in [-0.3, -0.25) is 5.01 Å². The molecule has 0 amide bonds. The maximum Gasteiger partial charge on any atom is 0.0383 e. The summed E-state index contributed by atoms with van der Waals surface area (Å²) >= 11 is 0. The van der Waals surface area contributed by atoms with Crippen LogP contribution in [0.4, 0.5) is 0 Å². The first-order chi connectivity index (χ1) is 5.17. The molecule has 0 saturated carbocycles. The van der Waals surface area contributed by atoms with Crippen molar-refractivity contribution in [3.63, 3.8) is 0 Å². The molecule has 11 heavy (non-hydrogen) atoms. The minimum atomic E-state index is 0.519. The summed E-state index contributed by atoms with van der Waals surface area (Å²) in [5, 5.41) is 5.84. The standard InChI is InChI=1S/C9H18N2/c1-6-9(8(3)4)11(7-2)10-5/h6,8H,5,7H2,1-4H3/b9-6-. The van der Waals surface area contributed by atoms with Gasteiger partial charge in [-0.1, -0.05) is 19.9 Å². The van der Waals surface area contributed by atoms with Gasteiger partial charge >= 0.3 is 0 Å². The number of nitrogens with zero attached hydrogens (tertiary/aromatic N) is 2. The van der Waals surface area contributed by atoms with Crippen molar-refractivity contribution in [2.24, 2.45) is 11.0 Å². The highest BCUT2D eigenvalue weighted by molar-refractivity contribution is 5.23. The molecule has 0 aliphatic heterocycles. The van der Waals surface area contributed by atoms with Crippen molar-refractivity contribution in [2.75, 3.05) is 6.54 Å². The maximum atomic E-state index is 3.91. The number of rotatable bonds is 4. The van der Waals surface area contributed by atoms with Crippen LogP contribution in [0.3, 0.4) is 0 Å². The van der Waals surface area contributed by atoms with E-state index in [1.54, 1.807) is 0 Å². The molecule has 0 aromatic heterocycles. The Balaban J connectivity index is 4.35. The minimum absolute atomic E-state index is 0.519. The normalized spacial score (nSPS) is 11.9. The average molecular weight is 154 g/mol. The Hall–Kier alpha value is -0.790. The molecule has 0 bridgehead atoms. The zero-order chi connectivity index (χ0) is 8.85. The third kappa shape index (κ3) is 2.74. The van der Waals surface area contributed by atoms with Crippen LogP contribution >= 0.6 is 0 Å². The molecule has 0 unspecified atom stereocenters. The van der Waals surface area contributed by atoms with E-state index in [0.717, 1.165) is 6.54 Å². The van der Waals surface area contributed by atoms with E-state index >= 15 is 0 Å². The molecule has 0 spiro atoms. The lowest BCUT2D eigenvalue weighted by Gasteiger charge is -2.22. The van der Waals surface area contributed by atoms with Crippen LogP contribution in [0.5, 0.6) is 0 Å². The van der Waals surface area contributed by atoms with Gasteiger partial charge in [0.1, 0.15) is 0 Å². The van der Waals surface area contributed by atoms with Crippen LogP contribution in [0.25, 0.3) is 0 Å². The summed E-state index contributed by atoms with van der Waals surface area (Å²) < 4.78 is 0. The molecule has 0 heterocycles. The highest BCUT2D eigenvalue weighted by Crippen LogP contribution is 2.14. The monoisotopic (exact) mass is 154 g/mol. The Kier molecular flexibility index (Phi) is 4.59. The summed E-state index contributed by atoms with van der Waals surface area (Å²) in [6, 6.07) is 0. The number of hydrogen-bond donors (Lipinski definition) is 0. The second-order valence-corrected chi connectivity index (χ2v) is 2.73. The van der Waals surface area contributed by atoms with Crippen LogP contribution in [0, 0.1) is 5.92 Å². The van der Waals surface area contributed by atoms with Gasteiger partial charge in [-0.15, -0.1) is 0 Å². The molecule has 2 nitrogen and oxygen atoms in total. The van der Waals surface area contributed by atoms with Crippen molar-refractivity contribution in [1.29, 1.82) is 0 Å². The fourth-order valence-corrected chi connectivity index (χ4v) is 1.14. The van der Waals surface area contributed by atoms with Gasteiger partial charge < -0.3 is 0 Å². The van der Waals surface area contributed by atoms with Gasteiger partial charge in [0.2, 0.25) is 0 Å². The third-order valence-electron chi connectivity index (χ3n) is 1.66. The summed E-state index contributed by atoms with van der Waals surface area (Å²) in [6.45, 7) is 12.8. The van der Waals surface area contributed by atoms with E-state index in [1.165, 1.54) is 5.70 Å². The molecular formula is C9H18N2. The topological polar surface area (TPSA) is 15.6 Å². The molecule has 0 radical (unpaired) electrons. The SMILES string of the molecule is C=NN(CC)/C(=C\C)C(C)C. The molecule has 0 aromatic carbocycles. The third-order valence-corrected chi connectivity index (χ3v) is 1.66. The number of hydrazone groups is 1. The van der Waals surface area contributed by atoms with Gasteiger partial charge in [0.15, 0.2) is 0 Å². The lowest BCUT2D eigenvalue weighted by Crippen LogP contribution is -2.19. The molecule has 64 valence electrons. The van der Waals surface area contributed by atoms with Crippen molar-refractivity contribution in [1.82, 2.24) is 5.01 Å². The van der Waals surface area contributed by atoms with Gasteiger partial charge in [0, 0.05) is 19.0 Å². The second kappa shape index (κ2) is 4.94. The fraction of sp³-hybridized carbons (Fsp3) is 0.667. The van der Waals surface area contributed by atoms with E-state index in [2.05, 4.69) is 38.7 Å². The van der Waals surface area contributed by atoms with Crippen molar-refractivity contribution < 1.29 is 0 Å². The zero-order valence-corrected chi connectivity index (χ0v) is 7.96. The molecule has 2 heteroatoms. The molecule has 0 fully saturated rings. The van der Waals surface area contributed by atoms with Gasteiger partial charge in [-0.05, 0) is 19.8 Å². The lowest BCUT2D eigenvalue weighted by atomic mass is 10.1. The Morgan fingerprint density at radius 1 is 1.64 bits per heavy atom.